The van der Waals surface area contributed by atoms with Crippen LogP contribution in [0.3, 0.4) is 0 Å². The number of esters is 3. The second-order valence-electron chi connectivity index (χ2n) is 7.57. The highest BCUT2D eigenvalue weighted by Gasteiger charge is 2.20. The summed E-state index contributed by atoms with van der Waals surface area (Å²) >= 11 is 0. The fourth-order valence-electron chi connectivity index (χ4n) is 3.30. The highest BCUT2D eigenvalue weighted by Crippen LogP contribution is 2.26. The topological polar surface area (TPSA) is 137 Å². The molecule has 0 aliphatic rings. The summed E-state index contributed by atoms with van der Waals surface area (Å²) in [6, 6.07) is 16.5. The maximum Gasteiger partial charge on any atom is 0.340 e. The Bertz CT molecular complexity index is 1370. The number of para-hydroxylation sites is 2. The Balaban J connectivity index is 1.94. The Morgan fingerprint density at radius 1 is 0.676 bits per heavy atom. The molecular weight excluding hydrogens is 480 g/mol. The summed E-state index contributed by atoms with van der Waals surface area (Å²) in [4.78, 5) is 61.3. The molecule has 0 fully saturated rings. The predicted molar refractivity (Wildman–Crippen MR) is 134 cm³/mol. The molecule has 3 rings (SSSR count). The van der Waals surface area contributed by atoms with Gasteiger partial charge in [0.1, 0.15) is 11.5 Å². The van der Waals surface area contributed by atoms with Gasteiger partial charge >= 0.3 is 17.9 Å². The van der Waals surface area contributed by atoms with Gasteiger partial charge in [-0.3, -0.25) is 19.2 Å². The van der Waals surface area contributed by atoms with Crippen molar-refractivity contribution in [2.24, 2.45) is 0 Å². The van der Waals surface area contributed by atoms with Crippen molar-refractivity contribution in [3.63, 3.8) is 0 Å². The second-order valence-corrected chi connectivity index (χ2v) is 7.57. The maximum atomic E-state index is 13.1. The largest absolute Gasteiger partial charge is 0.462 e. The zero-order valence-electron chi connectivity index (χ0n) is 20.3. The molecule has 2 amide bonds. The molecule has 0 saturated carbocycles. The van der Waals surface area contributed by atoms with Crippen molar-refractivity contribution in [2.45, 2.75) is 20.8 Å². The van der Waals surface area contributed by atoms with Crippen LogP contribution in [0.25, 0.3) is 0 Å². The lowest BCUT2D eigenvalue weighted by molar-refractivity contribution is -0.132. The fraction of sp³-hybridized carbons (Fsp3) is 0.148. The molecule has 0 aromatic heterocycles. The van der Waals surface area contributed by atoms with E-state index >= 15 is 0 Å². The van der Waals surface area contributed by atoms with Crippen molar-refractivity contribution in [1.82, 2.24) is 0 Å². The van der Waals surface area contributed by atoms with Crippen LogP contribution in [0.5, 0.6) is 11.5 Å². The lowest BCUT2D eigenvalue weighted by Crippen LogP contribution is -2.19. The molecule has 3 aromatic carbocycles. The lowest BCUT2D eigenvalue weighted by Gasteiger charge is -2.15. The minimum Gasteiger partial charge on any atom is -0.462 e. The average molecular weight is 504 g/mol. The number of hydrogen-bond acceptors (Lipinski definition) is 8. The zero-order chi connectivity index (χ0) is 26.9. The van der Waals surface area contributed by atoms with Crippen LogP contribution in [0.15, 0.2) is 66.7 Å². The quantitative estimate of drug-likeness (QED) is 0.344. The van der Waals surface area contributed by atoms with E-state index in [9.17, 15) is 24.0 Å². The van der Waals surface area contributed by atoms with E-state index in [1.165, 1.54) is 56.3 Å². The molecule has 37 heavy (non-hydrogen) atoms. The standard InChI is InChI=1S/C27H24N2O8/c1-4-35-27(34)19-14-13-18(28-25(32)20-9-5-7-11-23(20)36-16(2)30)15-22(19)29-26(33)21-10-6-8-12-24(21)37-17(3)31/h5-15H,4H2,1-3H3,(H,28,32)(H,29,33). The molecule has 0 heterocycles. The van der Waals surface area contributed by atoms with Gasteiger partial charge < -0.3 is 24.8 Å². The molecule has 10 heteroatoms. The van der Waals surface area contributed by atoms with Gasteiger partial charge in [0, 0.05) is 19.5 Å². The smallest absolute Gasteiger partial charge is 0.340 e. The van der Waals surface area contributed by atoms with Crippen LogP contribution in [-0.4, -0.2) is 36.3 Å². The number of carbonyl (C=O) groups is 5. The highest BCUT2D eigenvalue weighted by molar-refractivity contribution is 6.11. The Morgan fingerprint density at radius 2 is 1.19 bits per heavy atom. The molecule has 0 unspecified atom stereocenters. The third-order valence-electron chi connectivity index (χ3n) is 4.79. The average Bonchev–Trinajstić information content (AvgIpc) is 2.84. The van der Waals surface area contributed by atoms with Gasteiger partial charge in [0.15, 0.2) is 0 Å². The first-order chi connectivity index (χ1) is 17.7. The van der Waals surface area contributed by atoms with Gasteiger partial charge in [0.2, 0.25) is 0 Å². The van der Waals surface area contributed by atoms with Gasteiger partial charge in [-0.2, -0.15) is 0 Å². The molecule has 0 spiro atoms. The number of amides is 2. The summed E-state index contributed by atoms with van der Waals surface area (Å²) in [7, 11) is 0. The first-order valence-electron chi connectivity index (χ1n) is 11.2. The molecule has 0 radical (unpaired) electrons. The van der Waals surface area contributed by atoms with E-state index in [-0.39, 0.29) is 46.2 Å². The van der Waals surface area contributed by atoms with Crippen molar-refractivity contribution in [2.75, 3.05) is 17.2 Å². The van der Waals surface area contributed by atoms with Crippen LogP contribution in [0.4, 0.5) is 11.4 Å². The monoisotopic (exact) mass is 504 g/mol. The Kier molecular flexibility index (Phi) is 8.71. The highest BCUT2D eigenvalue weighted by atomic mass is 16.5. The predicted octanol–water partition coefficient (Wildman–Crippen LogP) is 4.22. The van der Waals surface area contributed by atoms with Crippen LogP contribution < -0.4 is 20.1 Å². The summed E-state index contributed by atoms with van der Waals surface area (Å²) in [5, 5.41) is 5.28. The number of benzene rings is 3. The number of ether oxygens (including phenoxy) is 3. The van der Waals surface area contributed by atoms with Gasteiger partial charge in [-0.25, -0.2) is 4.79 Å². The number of rotatable bonds is 8. The molecule has 190 valence electrons. The van der Waals surface area contributed by atoms with E-state index in [1.807, 2.05) is 0 Å². The first kappa shape index (κ1) is 26.6. The maximum absolute atomic E-state index is 13.1. The van der Waals surface area contributed by atoms with E-state index in [0.29, 0.717) is 0 Å². The van der Waals surface area contributed by atoms with E-state index < -0.39 is 29.7 Å². The molecule has 10 nitrogen and oxygen atoms in total. The van der Waals surface area contributed by atoms with Crippen molar-refractivity contribution in [1.29, 1.82) is 0 Å². The van der Waals surface area contributed by atoms with Crippen molar-refractivity contribution in [3.8, 4) is 11.5 Å². The summed E-state index contributed by atoms with van der Waals surface area (Å²) in [6.45, 7) is 4.17. The van der Waals surface area contributed by atoms with Crippen molar-refractivity contribution < 1.29 is 38.2 Å². The molecule has 0 aliphatic carbocycles. The summed E-state index contributed by atoms with van der Waals surface area (Å²) < 4.78 is 15.3. The van der Waals surface area contributed by atoms with Gasteiger partial charge in [-0.1, -0.05) is 24.3 Å². The van der Waals surface area contributed by atoms with Crippen LogP contribution in [0.1, 0.15) is 51.8 Å². The lowest BCUT2D eigenvalue weighted by atomic mass is 10.1. The Hall–Kier alpha value is -4.99. The van der Waals surface area contributed by atoms with Gasteiger partial charge in [-0.15, -0.1) is 0 Å². The fourth-order valence-corrected chi connectivity index (χ4v) is 3.30. The normalized spacial score (nSPS) is 10.1. The minimum absolute atomic E-state index is 0.0386. The molecule has 0 bridgehead atoms. The number of nitrogens with one attached hydrogen (secondary N) is 2. The zero-order valence-corrected chi connectivity index (χ0v) is 20.3. The number of carbonyl (C=O) groups excluding carboxylic acids is 5. The Labute approximate surface area is 212 Å². The van der Waals surface area contributed by atoms with Crippen molar-refractivity contribution in [3.05, 3.63) is 83.4 Å². The third-order valence-corrected chi connectivity index (χ3v) is 4.79. The molecule has 3 aromatic rings. The summed E-state index contributed by atoms with van der Waals surface area (Å²) in [5.41, 5.74) is 0.482. The second kappa shape index (κ2) is 12.1. The number of anilines is 2. The SMILES string of the molecule is CCOC(=O)c1ccc(NC(=O)c2ccccc2OC(C)=O)cc1NC(=O)c1ccccc1OC(C)=O. The third kappa shape index (κ3) is 7.01. The van der Waals surface area contributed by atoms with Gasteiger partial charge in [0.25, 0.3) is 11.8 Å². The first-order valence-corrected chi connectivity index (χ1v) is 11.2. The van der Waals surface area contributed by atoms with E-state index in [0.717, 1.165) is 0 Å². The summed E-state index contributed by atoms with van der Waals surface area (Å²) in [5.74, 6) is -3.01. The molecular formula is C27H24N2O8. The number of hydrogen-bond donors (Lipinski definition) is 2. The molecule has 0 atom stereocenters. The summed E-state index contributed by atoms with van der Waals surface area (Å²) in [6.07, 6.45) is 0. The van der Waals surface area contributed by atoms with E-state index in [2.05, 4.69) is 10.6 Å². The van der Waals surface area contributed by atoms with Crippen LogP contribution in [0.2, 0.25) is 0 Å². The van der Waals surface area contributed by atoms with Crippen molar-refractivity contribution >= 4 is 41.1 Å². The minimum atomic E-state index is -0.691. The van der Waals surface area contributed by atoms with E-state index in [1.54, 1.807) is 31.2 Å². The molecule has 0 saturated heterocycles. The van der Waals surface area contributed by atoms with Gasteiger partial charge in [-0.05, 0) is 49.4 Å². The molecule has 0 aliphatic heterocycles. The van der Waals surface area contributed by atoms with E-state index in [4.69, 9.17) is 14.2 Å². The van der Waals surface area contributed by atoms with Gasteiger partial charge in [0.05, 0.1) is 29.0 Å². The Morgan fingerprint density at radius 3 is 1.70 bits per heavy atom. The van der Waals surface area contributed by atoms with Crippen LogP contribution in [0, 0.1) is 0 Å². The van der Waals surface area contributed by atoms with Crippen LogP contribution in [-0.2, 0) is 14.3 Å². The molecule has 2 N–H and O–H groups in total. The van der Waals surface area contributed by atoms with Crippen LogP contribution >= 0.6 is 0 Å².